The monoisotopic (exact) mass is 302 g/mol. The Hall–Kier alpha value is -1.76. The predicted molar refractivity (Wildman–Crippen MR) is 72.7 cm³/mol. The van der Waals surface area contributed by atoms with Crippen molar-refractivity contribution in [2.75, 3.05) is 20.8 Å². The number of hydrogen-bond acceptors (Lipinski definition) is 3. The van der Waals surface area contributed by atoms with Crippen molar-refractivity contribution in [3.8, 4) is 5.75 Å². The lowest BCUT2D eigenvalue weighted by atomic mass is 9.83. The maximum absolute atomic E-state index is 13.4. The lowest BCUT2D eigenvalue weighted by Crippen LogP contribution is -2.53. The fraction of sp³-hybridized carbons (Fsp3) is 0.500. The second-order valence-electron chi connectivity index (χ2n) is 4.90. The molecule has 0 bridgehead atoms. The molecule has 7 heteroatoms. The largest absolute Gasteiger partial charge is 0.496 e. The molecule has 1 atom stereocenters. The van der Waals surface area contributed by atoms with E-state index in [1.165, 1.54) is 26.3 Å². The van der Waals surface area contributed by atoms with Crippen molar-refractivity contribution in [2.24, 2.45) is 10.7 Å². The lowest BCUT2D eigenvalue weighted by molar-refractivity contribution is -0.333. The smallest absolute Gasteiger partial charge is 0.421 e. The molecule has 1 heterocycles. The van der Waals surface area contributed by atoms with Gasteiger partial charge >= 0.3 is 6.18 Å². The van der Waals surface area contributed by atoms with E-state index >= 15 is 0 Å². The number of ether oxygens (including phenoxy) is 2. The van der Waals surface area contributed by atoms with Gasteiger partial charge in [-0.2, -0.15) is 13.2 Å². The molecule has 1 aromatic rings. The van der Waals surface area contributed by atoms with Gasteiger partial charge in [-0.15, -0.1) is 0 Å². The molecule has 1 unspecified atom stereocenters. The minimum Gasteiger partial charge on any atom is -0.496 e. The first kappa shape index (κ1) is 15.6. The Morgan fingerprint density at radius 2 is 2.05 bits per heavy atom. The molecular formula is C14H17F3N2O2. The topological polar surface area (TPSA) is 56.8 Å². The highest BCUT2D eigenvalue weighted by Gasteiger charge is 2.62. The molecule has 2 N–H and O–H groups in total. The average molecular weight is 302 g/mol. The third kappa shape index (κ3) is 2.35. The molecule has 1 aromatic carbocycles. The van der Waals surface area contributed by atoms with Crippen molar-refractivity contribution in [3.05, 3.63) is 28.8 Å². The molecule has 1 saturated heterocycles. The fourth-order valence-electron chi connectivity index (χ4n) is 2.46. The van der Waals surface area contributed by atoms with E-state index in [0.29, 0.717) is 11.1 Å². The summed E-state index contributed by atoms with van der Waals surface area (Å²) in [5.74, 6) is 0.340. The van der Waals surface area contributed by atoms with Gasteiger partial charge in [0.2, 0.25) is 0 Å². The first-order valence-corrected chi connectivity index (χ1v) is 6.39. The summed E-state index contributed by atoms with van der Waals surface area (Å²) < 4.78 is 50.2. The summed E-state index contributed by atoms with van der Waals surface area (Å²) in [6, 6.07) is 2.89. The number of nitrogens with zero attached hydrogens (tertiary/aromatic N) is 1. The van der Waals surface area contributed by atoms with Crippen LogP contribution in [-0.2, 0) is 10.3 Å². The highest BCUT2D eigenvalue weighted by atomic mass is 19.4. The summed E-state index contributed by atoms with van der Waals surface area (Å²) in [4.78, 5) is 3.86. The van der Waals surface area contributed by atoms with Crippen LogP contribution in [0.3, 0.4) is 0 Å². The Balaban J connectivity index is 2.62. The average Bonchev–Trinajstić information content (AvgIpc) is 2.35. The lowest BCUT2D eigenvalue weighted by Gasteiger charge is -2.44. The van der Waals surface area contributed by atoms with Crippen LogP contribution in [0.2, 0.25) is 0 Å². The molecule has 21 heavy (non-hydrogen) atoms. The number of hydrogen-bond donors (Lipinski definition) is 1. The molecule has 0 radical (unpaired) electrons. The van der Waals surface area contributed by atoms with Crippen LogP contribution in [0.15, 0.2) is 17.1 Å². The summed E-state index contributed by atoms with van der Waals surface area (Å²) >= 11 is 0. The quantitative estimate of drug-likeness (QED) is 0.689. The van der Waals surface area contributed by atoms with Crippen LogP contribution in [0, 0.1) is 6.92 Å². The third-order valence-corrected chi connectivity index (χ3v) is 3.76. The van der Waals surface area contributed by atoms with Crippen LogP contribution in [0.1, 0.15) is 23.1 Å². The number of methoxy groups -OCH3 is 1. The van der Waals surface area contributed by atoms with Gasteiger partial charge in [-0.25, -0.2) is 0 Å². The van der Waals surface area contributed by atoms with E-state index in [4.69, 9.17) is 15.2 Å². The van der Waals surface area contributed by atoms with E-state index in [1.807, 2.05) is 0 Å². The van der Waals surface area contributed by atoms with Crippen molar-refractivity contribution in [3.63, 3.8) is 0 Å². The molecule has 1 aliphatic heterocycles. The Morgan fingerprint density at radius 3 is 2.43 bits per heavy atom. The van der Waals surface area contributed by atoms with E-state index in [1.54, 1.807) is 6.92 Å². The number of amidine groups is 1. The maximum atomic E-state index is 13.4. The molecule has 0 spiro atoms. The maximum Gasteiger partial charge on any atom is 0.421 e. The van der Waals surface area contributed by atoms with E-state index in [9.17, 15) is 13.2 Å². The molecule has 0 saturated carbocycles. The van der Waals surface area contributed by atoms with Gasteiger partial charge in [-0.05, 0) is 24.6 Å². The minimum atomic E-state index is -4.50. The van der Waals surface area contributed by atoms with Crippen molar-refractivity contribution in [1.82, 2.24) is 0 Å². The molecule has 0 aliphatic carbocycles. The van der Waals surface area contributed by atoms with Crippen LogP contribution in [0.4, 0.5) is 13.2 Å². The van der Waals surface area contributed by atoms with Crippen LogP contribution in [0.5, 0.6) is 5.75 Å². The van der Waals surface area contributed by atoms with Gasteiger partial charge in [0.05, 0.1) is 13.7 Å². The molecular weight excluding hydrogens is 285 g/mol. The fourth-order valence-corrected chi connectivity index (χ4v) is 2.46. The molecule has 1 fully saturated rings. The zero-order valence-corrected chi connectivity index (χ0v) is 12.0. The first-order valence-electron chi connectivity index (χ1n) is 6.39. The number of aliphatic imine (C=N–C) groups is 1. The summed E-state index contributed by atoms with van der Waals surface area (Å²) in [5, 5.41) is 0. The van der Waals surface area contributed by atoms with Crippen LogP contribution in [0.25, 0.3) is 0 Å². The van der Waals surface area contributed by atoms with Crippen molar-refractivity contribution in [1.29, 1.82) is 0 Å². The zero-order valence-electron chi connectivity index (χ0n) is 12.0. The number of alkyl halides is 3. The zero-order chi connectivity index (χ0) is 15.8. The number of halogens is 3. The molecule has 0 aromatic heterocycles. The summed E-state index contributed by atoms with van der Waals surface area (Å²) in [6.45, 7) is 1.75. The predicted octanol–water partition coefficient (Wildman–Crippen LogP) is 2.52. The Kier molecular flexibility index (Phi) is 3.88. The second kappa shape index (κ2) is 5.22. The van der Waals surface area contributed by atoms with Gasteiger partial charge in [0.1, 0.15) is 11.6 Å². The van der Waals surface area contributed by atoms with Gasteiger partial charge < -0.3 is 15.2 Å². The standard InChI is InChI=1S/C14H17F3N2O2/c1-8-6-10(13(4-5-21-13)14(15,16)17)11(20-3)7-9(8)12(18)19-2/h6-7H,4-5H2,1-3H3,(H2,18,19). The van der Waals surface area contributed by atoms with Crippen LogP contribution < -0.4 is 10.5 Å². The molecule has 0 amide bonds. The molecule has 2 rings (SSSR count). The van der Waals surface area contributed by atoms with Crippen LogP contribution >= 0.6 is 0 Å². The van der Waals surface area contributed by atoms with Gasteiger partial charge in [0, 0.05) is 24.6 Å². The van der Waals surface area contributed by atoms with Crippen molar-refractivity contribution < 1.29 is 22.6 Å². The normalized spacial score (nSPS) is 22.9. The molecule has 1 aliphatic rings. The third-order valence-electron chi connectivity index (χ3n) is 3.76. The van der Waals surface area contributed by atoms with Crippen LogP contribution in [-0.4, -0.2) is 32.8 Å². The van der Waals surface area contributed by atoms with E-state index < -0.39 is 11.8 Å². The number of benzene rings is 1. The van der Waals surface area contributed by atoms with Crippen molar-refractivity contribution >= 4 is 5.84 Å². The molecule has 116 valence electrons. The van der Waals surface area contributed by atoms with Crippen molar-refractivity contribution in [2.45, 2.75) is 25.1 Å². The van der Waals surface area contributed by atoms with Gasteiger partial charge in [0.25, 0.3) is 0 Å². The first-order chi connectivity index (χ1) is 9.76. The summed E-state index contributed by atoms with van der Waals surface area (Å²) in [6.07, 6.45) is -4.63. The van der Waals surface area contributed by atoms with E-state index in [0.717, 1.165) is 0 Å². The number of rotatable bonds is 3. The SMILES string of the molecule is CN=C(N)c1cc(OC)c(C2(C(F)(F)F)CCO2)cc1C. The second-order valence-corrected chi connectivity index (χ2v) is 4.90. The van der Waals surface area contributed by atoms with Gasteiger partial charge in [-0.1, -0.05) is 0 Å². The number of aryl methyl sites for hydroxylation is 1. The van der Waals surface area contributed by atoms with E-state index in [2.05, 4.69) is 4.99 Å². The Morgan fingerprint density at radius 1 is 1.43 bits per heavy atom. The summed E-state index contributed by atoms with van der Waals surface area (Å²) in [5.41, 5.74) is 4.58. The Bertz CT molecular complexity index is 578. The number of nitrogens with two attached hydrogens (primary N) is 1. The van der Waals surface area contributed by atoms with Gasteiger partial charge in [-0.3, -0.25) is 4.99 Å². The minimum absolute atomic E-state index is 0.0195. The van der Waals surface area contributed by atoms with Gasteiger partial charge in [0.15, 0.2) is 5.60 Å². The summed E-state index contributed by atoms with van der Waals surface area (Å²) in [7, 11) is 2.83. The van der Waals surface area contributed by atoms with E-state index in [-0.39, 0.29) is 30.2 Å². The highest BCUT2D eigenvalue weighted by molar-refractivity contribution is 5.99. The molecule has 4 nitrogen and oxygen atoms in total. The Labute approximate surface area is 120 Å². The highest BCUT2D eigenvalue weighted by Crippen LogP contribution is 2.53.